The van der Waals surface area contributed by atoms with Gasteiger partial charge in [0.25, 0.3) is 11.7 Å². The summed E-state index contributed by atoms with van der Waals surface area (Å²) in [7, 11) is 5.29. The van der Waals surface area contributed by atoms with E-state index in [1.807, 2.05) is 19.0 Å². The van der Waals surface area contributed by atoms with Crippen LogP contribution in [0.3, 0.4) is 0 Å². The first kappa shape index (κ1) is 20.5. The Bertz CT molecular complexity index is 936. The van der Waals surface area contributed by atoms with Gasteiger partial charge in [-0.1, -0.05) is 12.1 Å². The SMILES string of the molecule is COc1ccc(C2C(=C(O)c3ccc(F)cc3)C(=O)C(=O)N2CCN(C)C)cc1. The summed E-state index contributed by atoms with van der Waals surface area (Å²) in [4.78, 5) is 28.9. The van der Waals surface area contributed by atoms with Gasteiger partial charge in [-0.25, -0.2) is 4.39 Å². The summed E-state index contributed by atoms with van der Waals surface area (Å²) in [5.41, 5.74) is 0.938. The van der Waals surface area contributed by atoms with Crippen LogP contribution >= 0.6 is 0 Å². The molecule has 0 spiro atoms. The summed E-state index contributed by atoms with van der Waals surface area (Å²) in [6.45, 7) is 0.866. The highest BCUT2D eigenvalue weighted by atomic mass is 19.1. The number of ketones is 1. The number of likely N-dealkylation sites (tertiary alicyclic amines) is 1. The summed E-state index contributed by atoms with van der Waals surface area (Å²) in [5, 5.41) is 10.8. The van der Waals surface area contributed by atoms with Crippen LogP contribution in [0.15, 0.2) is 54.1 Å². The van der Waals surface area contributed by atoms with E-state index in [-0.39, 0.29) is 16.9 Å². The third-order valence-corrected chi connectivity index (χ3v) is 4.88. The third-order valence-electron chi connectivity index (χ3n) is 4.88. The van der Waals surface area contributed by atoms with Crippen LogP contribution in [-0.4, -0.2) is 60.9 Å². The van der Waals surface area contributed by atoms with E-state index in [0.29, 0.717) is 24.4 Å². The van der Waals surface area contributed by atoms with Gasteiger partial charge in [0, 0.05) is 18.7 Å². The summed E-state index contributed by atoms with van der Waals surface area (Å²) in [6, 6.07) is 11.4. The molecule has 1 heterocycles. The fraction of sp³-hybridized carbons (Fsp3) is 0.273. The Kier molecular flexibility index (Phi) is 5.98. The van der Waals surface area contributed by atoms with Crippen molar-refractivity contribution in [2.45, 2.75) is 6.04 Å². The van der Waals surface area contributed by atoms with Crippen LogP contribution < -0.4 is 4.74 Å². The molecule has 0 bridgehead atoms. The molecule has 2 aromatic carbocycles. The number of likely N-dealkylation sites (N-methyl/N-ethyl adjacent to an activating group) is 1. The molecule has 7 heteroatoms. The van der Waals surface area contributed by atoms with Gasteiger partial charge in [-0.3, -0.25) is 9.59 Å². The molecule has 2 aromatic rings. The van der Waals surface area contributed by atoms with E-state index in [0.717, 1.165) is 0 Å². The van der Waals surface area contributed by atoms with Gasteiger partial charge in [-0.15, -0.1) is 0 Å². The van der Waals surface area contributed by atoms with Gasteiger partial charge in [0.15, 0.2) is 0 Å². The van der Waals surface area contributed by atoms with Crippen molar-refractivity contribution in [2.24, 2.45) is 0 Å². The number of carbonyl (C=O) groups is 2. The number of rotatable bonds is 6. The number of halogens is 1. The van der Waals surface area contributed by atoms with E-state index >= 15 is 0 Å². The lowest BCUT2D eigenvalue weighted by Crippen LogP contribution is -2.35. The number of aliphatic hydroxyl groups is 1. The third kappa shape index (κ3) is 4.14. The molecule has 3 rings (SSSR count). The summed E-state index contributed by atoms with van der Waals surface area (Å²) >= 11 is 0. The van der Waals surface area contributed by atoms with Gasteiger partial charge in [0.05, 0.1) is 18.7 Å². The fourth-order valence-electron chi connectivity index (χ4n) is 3.31. The van der Waals surface area contributed by atoms with Crippen molar-refractivity contribution in [3.05, 3.63) is 71.0 Å². The van der Waals surface area contributed by atoms with E-state index in [1.54, 1.807) is 31.4 Å². The lowest BCUT2D eigenvalue weighted by molar-refractivity contribution is -0.140. The Balaban J connectivity index is 2.12. The molecule has 0 aliphatic carbocycles. The maximum Gasteiger partial charge on any atom is 0.295 e. The zero-order valence-electron chi connectivity index (χ0n) is 16.6. The van der Waals surface area contributed by atoms with Crippen LogP contribution in [0.1, 0.15) is 17.2 Å². The number of ether oxygens (including phenoxy) is 1. The zero-order valence-corrected chi connectivity index (χ0v) is 16.6. The van der Waals surface area contributed by atoms with Crippen LogP contribution in [-0.2, 0) is 9.59 Å². The lowest BCUT2D eigenvalue weighted by atomic mass is 9.95. The second-order valence-electron chi connectivity index (χ2n) is 7.08. The second kappa shape index (κ2) is 8.45. The molecule has 0 aromatic heterocycles. The van der Waals surface area contributed by atoms with Gasteiger partial charge in [0.1, 0.15) is 17.3 Å². The minimum Gasteiger partial charge on any atom is -0.507 e. The van der Waals surface area contributed by atoms with Crippen LogP contribution in [0.25, 0.3) is 5.76 Å². The van der Waals surface area contributed by atoms with Gasteiger partial charge in [0.2, 0.25) is 0 Å². The molecule has 29 heavy (non-hydrogen) atoms. The maximum atomic E-state index is 13.3. The van der Waals surface area contributed by atoms with Crippen molar-refractivity contribution >= 4 is 17.4 Å². The Hall–Kier alpha value is -3.19. The van der Waals surface area contributed by atoms with Crippen molar-refractivity contribution < 1.29 is 23.8 Å². The molecule has 1 atom stereocenters. The van der Waals surface area contributed by atoms with Crippen LogP contribution in [0.5, 0.6) is 5.75 Å². The average Bonchev–Trinajstić information content (AvgIpc) is 2.97. The molecule has 1 aliphatic rings. The van der Waals surface area contributed by atoms with E-state index in [2.05, 4.69) is 0 Å². The topological polar surface area (TPSA) is 70.1 Å². The van der Waals surface area contributed by atoms with Gasteiger partial charge in [-0.05, 0) is 56.1 Å². The number of hydrogen-bond donors (Lipinski definition) is 1. The molecule has 1 unspecified atom stereocenters. The van der Waals surface area contributed by atoms with Gasteiger partial charge in [-0.2, -0.15) is 0 Å². The van der Waals surface area contributed by atoms with E-state index in [9.17, 15) is 19.1 Å². The first-order chi connectivity index (χ1) is 13.8. The minimum atomic E-state index is -0.758. The van der Waals surface area contributed by atoms with Crippen LogP contribution in [0, 0.1) is 5.82 Å². The smallest absolute Gasteiger partial charge is 0.295 e. The Labute approximate surface area is 168 Å². The number of methoxy groups -OCH3 is 1. The summed E-state index contributed by atoms with van der Waals surface area (Å²) in [6.07, 6.45) is 0. The number of carbonyl (C=O) groups excluding carboxylic acids is 2. The Morgan fingerprint density at radius 2 is 1.72 bits per heavy atom. The van der Waals surface area contributed by atoms with Crippen molar-refractivity contribution in [2.75, 3.05) is 34.3 Å². The van der Waals surface area contributed by atoms with E-state index < -0.39 is 23.5 Å². The zero-order chi connectivity index (χ0) is 21.1. The van der Waals surface area contributed by atoms with Gasteiger partial charge >= 0.3 is 0 Å². The molecule has 1 saturated heterocycles. The molecule has 1 aliphatic heterocycles. The lowest BCUT2D eigenvalue weighted by Gasteiger charge is -2.26. The molecular weight excluding hydrogens is 375 g/mol. The average molecular weight is 398 g/mol. The maximum absolute atomic E-state index is 13.3. The fourth-order valence-corrected chi connectivity index (χ4v) is 3.31. The van der Waals surface area contributed by atoms with E-state index in [4.69, 9.17) is 4.74 Å². The number of aliphatic hydroxyl groups excluding tert-OH is 1. The number of Topliss-reactive ketones (excluding diaryl/α,β-unsaturated/α-hetero) is 1. The van der Waals surface area contributed by atoms with Crippen LogP contribution in [0.4, 0.5) is 4.39 Å². The normalized spacial score (nSPS) is 18.5. The molecule has 0 radical (unpaired) electrons. The molecule has 1 amide bonds. The first-order valence-corrected chi connectivity index (χ1v) is 9.16. The molecule has 1 N–H and O–H groups in total. The first-order valence-electron chi connectivity index (χ1n) is 9.16. The van der Waals surface area contributed by atoms with Crippen LogP contribution in [0.2, 0.25) is 0 Å². The molecule has 1 fully saturated rings. The number of hydrogen-bond acceptors (Lipinski definition) is 5. The Morgan fingerprint density at radius 3 is 2.28 bits per heavy atom. The number of benzene rings is 2. The highest BCUT2D eigenvalue weighted by Crippen LogP contribution is 2.39. The Morgan fingerprint density at radius 1 is 1.10 bits per heavy atom. The second-order valence-corrected chi connectivity index (χ2v) is 7.08. The van der Waals surface area contributed by atoms with Gasteiger partial charge < -0.3 is 19.6 Å². The largest absolute Gasteiger partial charge is 0.507 e. The molecule has 6 nitrogen and oxygen atoms in total. The quantitative estimate of drug-likeness (QED) is 0.460. The van der Waals surface area contributed by atoms with Crippen molar-refractivity contribution in [3.63, 3.8) is 0 Å². The molecule has 152 valence electrons. The van der Waals surface area contributed by atoms with Crippen molar-refractivity contribution in [1.29, 1.82) is 0 Å². The molecule has 0 saturated carbocycles. The van der Waals surface area contributed by atoms with E-state index in [1.165, 1.54) is 29.2 Å². The summed E-state index contributed by atoms with van der Waals surface area (Å²) in [5.74, 6) is -1.57. The predicted octanol–water partition coefficient (Wildman–Crippen LogP) is 2.82. The standard InChI is InChI=1S/C22H23FN2O4/c1-24(2)12-13-25-19(14-6-10-17(29-3)11-7-14)18(21(27)22(25)28)20(26)15-4-8-16(23)9-5-15/h4-11,19,26H,12-13H2,1-3H3. The highest BCUT2D eigenvalue weighted by Gasteiger charge is 2.45. The minimum absolute atomic E-state index is 0.00877. The number of amides is 1. The molecular formula is C22H23FN2O4. The highest BCUT2D eigenvalue weighted by molar-refractivity contribution is 6.46. The summed E-state index contributed by atoms with van der Waals surface area (Å²) < 4.78 is 18.5. The monoisotopic (exact) mass is 398 g/mol. The van der Waals surface area contributed by atoms with Crippen molar-refractivity contribution in [1.82, 2.24) is 9.80 Å². The number of nitrogens with zero attached hydrogens (tertiary/aromatic N) is 2. The van der Waals surface area contributed by atoms with Crippen molar-refractivity contribution in [3.8, 4) is 5.75 Å². The predicted molar refractivity (Wildman–Crippen MR) is 107 cm³/mol.